The fourth-order valence-corrected chi connectivity index (χ4v) is 3.42. The molecule has 0 saturated carbocycles. The molecule has 0 fully saturated rings. The highest BCUT2D eigenvalue weighted by molar-refractivity contribution is 6.30. The largest absolute Gasteiger partial charge is 0.379 e. The van der Waals surface area contributed by atoms with Crippen LogP contribution in [0.15, 0.2) is 42.6 Å². The standard InChI is InChI=1S/C20H24ClN5O2/c1-2-26-19-15(12-23-26)11-18(21)24-16(19)9-6-10-28-13-17(25-20(22)27)14-7-4-3-5-8-14/h3-5,7-8,11-12,17H,2,6,9-10,13H2,1H3,(H3,22,25,27)/t17-/m1/s1. The molecule has 0 spiro atoms. The SMILES string of the molecule is CCn1ncc2cc(Cl)nc(CCCOC[C@@H](NC(N)=O)c3ccccc3)c21. The Morgan fingerprint density at radius 3 is 2.86 bits per heavy atom. The highest BCUT2D eigenvalue weighted by atomic mass is 35.5. The van der Waals surface area contributed by atoms with Crippen LogP contribution >= 0.6 is 11.6 Å². The third-order valence-corrected chi connectivity index (χ3v) is 4.66. The Morgan fingerprint density at radius 1 is 1.36 bits per heavy atom. The van der Waals surface area contributed by atoms with Crippen LogP contribution in [-0.4, -0.2) is 34.0 Å². The van der Waals surface area contributed by atoms with Crippen LogP contribution in [0.2, 0.25) is 5.15 Å². The average Bonchev–Trinajstić information content (AvgIpc) is 3.10. The number of benzene rings is 1. The molecule has 0 unspecified atom stereocenters. The summed E-state index contributed by atoms with van der Waals surface area (Å²) in [7, 11) is 0. The number of fused-ring (bicyclic) bond motifs is 1. The van der Waals surface area contributed by atoms with E-state index in [1.807, 2.05) is 54.2 Å². The van der Waals surface area contributed by atoms with Crippen LogP contribution in [0.1, 0.15) is 30.6 Å². The van der Waals surface area contributed by atoms with Crippen molar-refractivity contribution in [3.63, 3.8) is 0 Å². The van der Waals surface area contributed by atoms with Crippen molar-refractivity contribution in [3.8, 4) is 0 Å². The zero-order chi connectivity index (χ0) is 19.9. The first-order valence-electron chi connectivity index (χ1n) is 9.28. The van der Waals surface area contributed by atoms with Gasteiger partial charge < -0.3 is 15.8 Å². The Bertz CT molecular complexity index is 929. The molecule has 8 heteroatoms. The molecule has 0 radical (unpaired) electrons. The second kappa shape index (κ2) is 9.52. The Morgan fingerprint density at radius 2 is 2.14 bits per heavy atom. The molecule has 0 saturated heterocycles. The summed E-state index contributed by atoms with van der Waals surface area (Å²) in [5.41, 5.74) is 8.17. The first-order valence-corrected chi connectivity index (χ1v) is 9.66. The lowest BCUT2D eigenvalue weighted by Crippen LogP contribution is -2.35. The molecule has 0 aliphatic rings. The number of halogens is 1. The maximum Gasteiger partial charge on any atom is 0.312 e. The molecule has 2 amide bonds. The van der Waals surface area contributed by atoms with Crippen molar-refractivity contribution < 1.29 is 9.53 Å². The van der Waals surface area contributed by atoms with Crippen molar-refractivity contribution in [2.45, 2.75) is 32.4 Å². The number of hydrogen-bond donors (Lipinski definition) is 2. The van der Waals surface area contributed by atoms with Crippen molar-refractivity contribution in [3.05, 3.63) is 59.0 Å². The van der Waals surface area contributed by atoms with Gasteiger partial charge in [-0.25, -0.2) is 9.78 Å². The quantitative estimate of drug-likeness (QED) is 0.424. The molecule has 3 rings (SSSR count). The first-order chi connectivity index (χ1) is 13.6. The van der Waals surface area contributed by atoms with E-state index in [0.29, 0.717) is 18.4 Å². The molecule has 2 heterocycles. The number of aryl methyl sites for hydroxylation is 2. The van der Waals surface area contributed by atoms with E-state index >= 15 is 0 Å². The zero-order valence-electron chi connectivity index (χ0n) is 15.8. The van der Waals surface area contributed by atoms with Gasteiger partial charge in [-0.05, 0) is 31.4 Å². The van der Waals surface area contributed by atoms with Crippen molar-refractivity contribution >= 4 is 28.5 Å². The molecule has 0 bridgehead atoms. The van der Waals surface area contributed by atoms with Crippen molar-refractivity contribution in [2.75, 3.05) is 13.2 Å². The topological polar surface area (TPSA) is 95.1 Å². The van der Waals surface area contributed by atoms with Gasteiger partial charge in [0.15, 0.2) is 0 Å². The minimum atomic E-state index is -0.573. The minimum Gasteiger partial charge on any atom is -0.379 e. The van der Waals surface area contributed by atoms with Crippen LogP contribution < -0.4 is 11.1 Å². The highest BCUT2D eigenvalue weighted by Crippen LogP contribution is 2.22. The molecule has 28 heavy (non-hydrogen) atoms. The number of carbonyl (C=O) groups is 1. The smallest absolute Gasteiger partial charge is 0.312 e. The van der Waals surface area contributed by atoms with Crippen LogP contribution in [0.4, 0.5) is 4.79 Å². The molecule has 148 valence electrons. The number of pyridine rings is 1. The van der Waals surface area contributed by atoms with E-state index in [1.54, 1.807) is 0 Å². The number of nitrogens with one attached hydrogen (secondary N) is 1. The summed E-state index contributed by atoms with van der Waals surface area (Å²) in [6.07, 6.45) is 3.31. The maximum absolute atomic E-state index is 11.3. The van der Waals surface area contributed by atoms with Crippen LogP contribution in [0.25, 0.3) is 10.9 Å². The lowest BCUT2D eigenvalue weighted by atomic mass is 10.1. The van der Waals surface area contributed by atoms with Gasteiger partial charge in [0.2, 0.25) is 0 Å². The number of ether oxygens (including phenoxy) is 1. The Balaban J connectivity index is 1.57. The fourth-order valence-electron chi connectivity index (χ4n) is 3.20. The van der Waals surface area contributed by atoms with E-state index in [2.05, 4.69) is 15.4 Å². The lowest BCUT2D eigenvalue weighted by molar-refractivity contribution is 0.111. The average molecular weight is 402 g/mol. The van der Waals surface area contributed by atoms with E-state index < -0.39 is 6.03 Å². The summed E-state index contributed by atoms with van der Waals surface area (Å²) in [5, 5.41) is 8.56. The van der Waals surface area contributed by atoms with Crippen LogP contribution in [0.3, 0.4) is 0 Å². The third-order valence-electron chi connectivity index (χ3n) is 4.46. The van der Waals surface area contributed by atoms with Gasteiger partial charge in [0, 0.05) is 18.5 Å². The van der Waals surface area contributed by atoms with Crippen LogP contribution in [0, 0.1) is 0 Å². The van der Waals surface area contributed by atoms with Crippen LogP contribution in [-0.2, 0) is 17.7 Å². The first kappa shape index (κ1) is 20.1. The number of aromatic nitrogens is 3. The number of primary amides is 1. The summed E-state index contributed by atoms with van der Waals surface area (Å²) >= 11 is 6.14. The summed E-state index contributed by atoms with van der Waals surface area (Å²) in [6.45, 7) is 3.69. The third kappa shape index (κ3) is 4.99. The van der Waals surface area contributed by atoms with E-state index in [9.17, 15) is 4.79 Å². The Kier molecular flexibility index (Phi) is 6.84. The predicted octanol–water partition coefficient (Wildman–Crippen LogP) is 3.46. The summed E-state index contributed by atoms with van der Waals surface area (Å²) in [4.78, 5) is 15.8. The van der Waals surface area contributed by atoms with E-state index in [4.69, 9.17) is 22.1 Å². The predicted molar refractivity (Wildman–Crippen MR) is 109 cm³/mol. The molecular formula is C20H24ClN5O2. The molecule has 0 aliphatic carbocycles. The molecule has 2 aromatic heterocycles. The molecule has 3 aromatic rings. The number of urea groups is 1. The minimum absolute atomic E-state index is 0.281. The number of nitrogens with zero attached hydrogens (tertiary/aromatic N) is 3. The molecule has 1 aromatic carbocycles. The number of amides is 2. The molecule has 1 atom stereocenters. The van der Waals surface area contributed by atoms with Gasteiger partial charge in [-0.1, -0.05) is 41.9 Å². The Labute approximate surface area is 168 Å². The van der Waals surface area contributed by atoms with E-state index in [0.717, 1.165) is 41.5 Å². The monoisotopic (exact) mass is 401 g/mol. The van der Waals surface area contributed by atoms with Gasteiger partial charge >= 0.3 is 6.03 Å². The lowest BCUT2D eigenvalue weighted by Gasteiger charge is -2.18. The molecular weight excluding hydrogens is 378 g/mol. The van der Waals surface area contributed by atoms with Gasteiger partial charge in [0.1, 0.15) is 5.15 Å². The number of carbonyl (C=O) groups excluding carboxylic acids is 1. The summed E-state index contributed by atoms with van der Waals surface area (Å²) in [5.74, 6) is 0. The molecule has 7 nitrogen and oxygen atoms in total. The Hall–Kier alpha value is -2.64. The number of nitrogens with two attached hydrogens (primary N) is 1. The number of rotatable bonds is 9. The van der Waals surface area contributed by atoms with Gasteiger partial charge in [0.25, 0.3) is 0 Å². The fraction of sp³-hybridized carbons (Fsp3) is 0.350. The number of hydrogen-bond acceptors (Lipinski definition) is 4. The van der Waals surface area contributed by atoms with Gasteiger partial charge in [0.05, 0.1) is 30.1 Å². The van der Waals surface area contributed by atoms with E-state index in [1.165, 1.54) is 0 Å². The molecule has 0 aliphatic heterocycles. The summed E-state index contributed by atoms with van der Waals surface area (Å²) in [6, 6.07) is 10.6. The van der Waals surface area contributed by atoms with Crippen molar-refractivity contribution in [1.29, 1.82) is 0 Å². The van der Waals surface area contributed by atoms with Crippen molar-refractivity contribution in [2.24, 2.45) is 5.73 Å². The second-order valence-corrected chi connectivity index (χ2v) is 6.83. The van der Waals surface area contributed by atoms with Crippen LogP contribution in [0.5, 0.6) is 0 Å². The highest BCUT2D eigenvalue weighted by Gasteiger charge is 2.14. The van der Waals surface area contributed by atoms with Gasteiger partial charge in [-0.3, -0.25) is 4.68 Å². The van der Waals surface area contributed by atoms with Gasteiger partial charge in [-0.15, -0.1) is 0 Å². The normalized spacial score (nSPS) is 12.2. The zero-order valence-corrected chi connectivity index (χ0v) is 16.5. The van der Waals surface area contributed by atoms with Gasteiger partial charge in [-0.2, -0.15) is 5.10 Å². The maximum atomic E-state index is 11.3. The second-order valence-electron chi connectivity index (χ2n) is 6.44. The summed E-state index contributed by atoms with van der Waals surface area (Å²) < 4.78 is 7.73. The molecule has 3 N–H and O–H groups in total. The van der Waals surface area contributed by atoms with Crippen molar-refractivity contribution in [1.82, 2.24) is 20.1 Å². The van der Waals surface area contributed by atoms with E-state index in [-0.39, 0.29) is 6.04 Å².